The van der Waals surface area contributed by atoms with Crippen molar-refractivity contribution >= 4 is 33.0 Å². The molecule has 0 atom stereocenters. The molecule has 2 aromatic carbocycles. The molecule has 43 heavy (non-hydrogen) atoms. The number of hydrogen-bond donors (Lipinski definition) is 1. The molecule has 1 aliphatic heterocycles. The van der Waals surface area contributed by atoms with Crippen molar-refractivity contribution in [3.63, 3.8) is 0 Å². The van der Waals surface area contributed by atoms with E-state index in [4.69, 9.17) is 4.74 Å². The Labute approximate surface area is 249 Å². The van der Waals surface area contributed by atoms with E-state index in [2.05, 4.69) is 38.9 Å². The van der Waals surface area contributed by atoms with Gasteiger partial charge >= 0.3 is 6.18 Å². The van der Waals surface area contributed by atoms with Gasteiger partial charge in [-0.3, -0.25) is 9.21 Å². The van der Waals surface area contributed by atoms with Crippen molar-refractivity contribution in [2.75, 3.05) is 61.1 Å². The lowest BCUT2D eigenvalue weighted by Gasteiger charge is -2.38. The molecule has 1 fully saturated rings. The maximum Gasteiger partial charge on any atom is 0.419 e. The highest BCUT2D eigenvalue weighted by molar-refractivity contribution is 7.92. The standard InChI is InChI=1S/C29H36F4N6O3S/c1-19(2)38-12-14-39(15-13-38)22-9-11-25(27(17-22)42-4)36-28-34-18-23(29(31,32)33)24(35-28)10-7-20-6-8-21(30)16-26(20)37(3)43(5,40)41/h6,8-9,11,16-19H,7,10,12-15H2,1-5H3,(H,34,35,36). The van der Waals surface area contributed by atoms with Crippen molar-refractivity contribution in [1.82, 2.24) is 14.9 Å². The third kappa shape index (κ3) is 7.85. The van der Waals surface area contributed by atoms with Crippen LogP contribution in [0.3, 0.4) is 0 Å². The fourth-order valence-electron chi connectivity index (χ4n) is 4.97. The predicted molar refractivity (Wildman–Crippen MR) is 159 cm³/mol. The summed E-state index contributed by atoms with van der Waals surface area (Å²) in [6, 6.07) is 9.55. The second kappa shape index (κ2) is 12.9. The van der Waals surface area contributed by atoms with Gasteiger partial charge in [0.25, 0.3) is 0 Å². The van der Waals surface area contributed by atoms with Crippen molar-refractivity contribution in [2.45, 2.75) is 38.9 Å². The van der Waals surface area contributed by atoms with Gasteiger partial charge in [-0.15, -0.1) is 0 Å². The van der Waals surface area contributed by atoms with Crippen LogP contribution in [0.5, 0.6) is 5.75 Å². The number of aromatic nitrogens is 2. The fraction of sp³-hybridized carbons (Fsp3) is 0.448. The zero-order valence-electron chi connectivity index (χ0n) is 24.7. The summed E-state index contributed by atoms with van der Waals surface area (Å²) in [5, 5.41) is 2.97. The van der Waals surface area contributed by atoms with Gasteiger partial charge in [0, 0.05) is 57.2 Å². The van der Waals surface area contributed by atoms with Crippen LogP contribution in [0.15, 0.2) is 42.6 Å². The molecule has 0 unspecified atom stereocenters. The van der Waals surface area contributed by atoms with E-state index < -0.39 is 27.6 Å². The van der Waals surface area contributed by atoms with E-state index in [9.17, 15) is 26.0 Å². The van der Waals surface area contributed by atoms with Gasteiger partial charge in [0.15, 0.2) is 0 Å². The van der Waals surface area contributed by atoms with Gasteiger partial charge in [0.2, 0.25) is 16.0 Å². The lowest BCUT2D eigenvalue weighted by atomic mass is 10.0. The van der Waals surface area contributed by atoms with E-state index in [1.54, 1.807) is 6.07 Å². The third-order valence-electron chi connectivity index (χ3n) is 7.53. The number of alkyl halides is 3. The maximum absolute atomic E-state index is 14.0. The van der Waals surface area contributed by atoms with Crippen molar-refractivity contribution in [1.29, 1.82) is 0 Å². The molecule has 9 nitrogen and oxygen atoms in total. The normalized spacial score (nSPS) is 14.7. The summed E-state index contributed by atoms with van der Waals surface area (Å²) in [6.07, 6.45) is -3.28. The van der Waals surface area contributed by atoms with E-state index in [-0.39, 0.29) is 30.2 Å². The minimum absolute atomic E-state index is 0.0307. The number of ether oxygens (including phenoxy) is 1. The number of aryl methyl sites for hydroxylation is 2. The van der Waals surface area contributed by atoms with Gasteiger partial charge in [-0.25, -0.2) is 22.8 Å². The van der Waals surface area contributed by atoms with Gasteiger partial charge in [-0.05, 0) is 56.5 Å². The Morgan fingerprint density at radius 2 is 1.77 bits per heavy atom. The average molecular weight is 625 g/mol. The maximum atomic E-state index is 14.0. The second-order valence-corrected chi connectivity index (χ2v) is 12.7. The molecule has 0 spiro atoms. The molecule has 4 rings (SSSR count). The molecule has 1 aliphatic rings. The van der Waals surface area contributed by atoms with E-state index in [1.807, 2.05) is 12.1 Å². The van der Waals surface area contributed by atoms with Gasteiger partial charge in [0.05, 0.1) is 36.0 Å². The molecular weight excluding hydrogens is 588 g/mol. The van der Waals surface area contributed by atoms with E-state index in [0.29, 0.717) is 29.2 Å². The first-order valence-electron chi connectivity index (χ1n) is 13.8. The van der Waals surface area contributed by atoms with Crippen LogP contribution in [-0.2, 0) is 29.0 Å². The molecule has 1 aromatic heterocycles. The number of hydrogen-bond acceptors (Lipinski definition) is 8. The molecular formula is C29H36F4N6O3S. The number of nitrogens with zero attached hydrogens (tertiary/aromatic N) is 5. The Morgan fingerprint density at radius 3 is 2.37 bits per heavy atom. The van der Waals surface area contributed by atoms with Crippen LogP contribution < -0.4 is 19.3 Å². The highest BCUT2D eigenvalue weighted by atomic mass is 32.2. The predicted octanol–water partition coefficient (Wildman–Crippen LogP) is 5.10. The number of sulfonamides is 1. The van der Waals surface area contributed by atoms with Crippen LogP contribution in [0.25, 0.3) is 0 Å². The Balaban J connectivity index is 1.58. The summed E-state index contributed by atoms with van der Waals surface area (Å²) in [5.74, 6) is -0.252. The van der Waals surface area contributed by atoms with Crippen molar-refractivity contribution in [3.05, 3.63) is 65.2 Å². The summed E-state index contributed by atoms with van der Waals surface area (Å²) < 4.78 is 86.3. The molecule has 1 saturated heterocycles. The zero-order valence-corrected chi connectivity index (χ0v) is 25.6. The molecule has 0 bridgehead atoms. The highest BCUT2D eigenvalue weighted by Gasteiger charge is 2.35. The largest absolute Gasteiger partial charge is 0.494 e. The van der Waals surface area contributed by atoms with Gasteiger partial charge < -0.3 is 15.0 Å². The van der Waals surface area contributed by atoms with Crippen molar-refractivity contribution in [2.24, 2.45) is 0 Å². The molecule has 234 valence electrons. The van der Waals surface area contributed by atoms with Crippen molar-refractivity contribution < 1.29 is 30.7 Å². The van der Waals surface area contributed by atoms with Gasteiger partial charge in [-0.1, -0.05) is 6.07 Å². The zero-order chi connectivity index (χ0) is 31.5. The lowest BCUT2D eigenvalue weighted by molar-refractivity contribution is -0.138. The number of benzene rings is 2. The summed E-state index contributed by atoms with van der Waals surface area (Å²) in [6.45, 7) is 7.93. The number of rotatable bonds is 10. The van der Waals surface area contributed by atoms with Crippen LogP contribution >= 0.6 is 0 Å². The summed E-state index contributed by atoms with van der Waals surface area (Å²) in [4.78, 5) is 12.8. The third-order valence-corrected chi connectivity index (χ3v) is 8.72. The first kappa shape index (κ1) is 32.3. The molecule has 0 amide bonds. The monoisotopic (exact) mass is 624 g/mol. The lowest BCUT2D eigenvalue weighted by Crippen LogP contribution is -2.48. The molecule has 14 heteroatoms. The topological polar surface area (TPSA) is 90.9 Å². The minimum atomic E-state index is -4.72. The molecule has 2 heterocycles. The number of anilines is 4. The van der Waals surface area contributed by atoms with Crippen LogP contribution in [0, 0.1) is 5.82 Å². The van der Waals surface area contributed by atoms with E-state index in [1.165, 1.54) is 20.2 Å². The summed E-state index contributed by atoms with van der Waals surface area (Å²) in [5.41, 5.74) is 0.533. The second-order valence-electron chi connectivity index (χ2n) is 10.7. The van der Waals surface area contributed by atoms with Gasteiger partial charge in [-0.2, -0.15) is 13.2 Å². The highest BCUT2D eigenvalue weighted by Crippen LogP contribution is 2.35. The van der Waals surface area contributed by atoms with Crippen LogP contribution in [0.1, 0.15) is 30.7 Å². The first-order valence-corrected chi connectivity index (χ1v) is 15.6. The minimum Gasteiger partial charge on any atom is -0.494 e. The molecule has 1 N–H and O–H groups in total. The summed E-state index contributed by atoms with van der Waals surface area (Å²) >= 11 is 0. The quantitative estimate of drug-likeness (QED) is 0.312. The van der Waals surface area contributed by atoms with Crippen LogP contribution in [0.2, 0.25) is 0 Å². The molecule has 0 aliphatic carbocycles. The Kier molecular flexibility index (Phi) is 9.70. The van der Waals surface area contributed by atoms with Gasteiger partial charge in [0.1, 0.15) is 11.6 Å². The molecule has 0 radical (unpaired) electrons. The smallest absolute Gasteiger partial charge is 0.419 e. The fourth-order valence-corrected chi connectivity index (χ4v) is 5.50. The first-order chi connectivity index (χ1) is 20.2. The Hall–Kier alpha value is -3.65. The van der Waals surface area contributed by atoms with Crippen LogP contribution in [-0.4, -0.2) is 75.9 Å². The Bertz CT molecular complexity index is 1540. The molecule has 0 saturated carbocycles. The number of piperazine rings is 1. The van der Waals surface area contributed by atoms with Crippen LogP contribution in [0.4, 0.5) is 40.6 Å². The van der Waals surface area contributed by atoms with Crippen molar-refractivity contribution in [3.8, 4) is 5.75 Å². The number of nitrogens with one attached hydrogen (secondary N) is 1. The van der Waals surface area contributed by atoms with E-state index >= 15 is 0 Å². The Morgan fingerprint density at radius 1 is 1.07 bits per heavy atom. The molecule has 3 aromatic rings. The number of methoxy groups -OCH3 is 1. The SMILES string of the molecule is COc1cc(N2CCN(C(C)C)CC2)ccc1Nc1ncc(C(F)(F)F)c(CCc2ccc(F)cc2N(C)S(C)(=O)=O)n1. The summed E-state index contributed by atoms with van der Waals surface area (Å²) in [7, 11) is -0.976. The average Bonchev–Trinajstić information content (AvgIpc) is 2.95. The van der Waals surface area contributed by atoms with E-state index in [0.717, 1.165) is 54.6 Å². The number of halogens is 4.